The molecular formula is C13H19ClN4O2. The minimum Gasteiger partial charge on any atom is -0.461 e. The Kier molecular flexibility index (Phi) is 5.17. The summed E-state index contributed by atoms with van der Waals surface area (Å²) in [5.41, 5.74) is 0. The van der Waals surface area contributed by atoms with E-state index in [0.717, 1.165) is 13.1 Å². The second-order valence-electron chi connectivity index (χ2n) is 4.81. The van der Waals surface area contributed by atoms with Crippen LogP contribution in [0.4, 0.5) is 0 Å². The van der Waals surface area contributed by atoms with Crippen LogP contribution < -0.4 is 5.32 Å². The fourth-order valence-corrected chi connectivity index (χ4v) is 2.57. The monoisotopic (exact) mass is 298 g/mol. The highest BCUT2D eigenvalue weighted by Crippen LogP contribution is 2.21. The number of nitrogens with zero attached hydrogens (tertiary/aromatic N) is 3. The van der Waals surface area contributed by atoms with Gasteiger partial charge in [0.05, 0.1) is 12.8 Å². The maximum Gasteiger partial charge on any atom is 0.241 e. The van der Waals surface area contributed by atoms with E-state index in [1.54, 1.807) is 6.26 Å². The van der Waals surface area contributed by atoms with E-state index >= 15 is 0 Å². The molecule has 3 rings (SSSR count). The molecule has 0 radical (unpaired) electrons. The number of rotatable bonds is 5. The maximum absolute atomic E-state index is 5.29. The highest BCUT2D eigenvalue weighted by molar-refractivity contribution is 5.85. The molecule has 1 unspecified atom stereocenters. The van der Waals surface area contributed by atoms with Crippen LogP contribution in [0.25, 0.3) is 11.6 Å². The molecule has 0 spiro atoms. The predicted octanol–water partition coefficient (Wildman–Crippen LogP) is 1.94. The third kappa shape index (κ3) is 3.20. The van der Waals surface area contributed by atoms with Gasteiger partial charge in [-0.15, -0.1) is 12.4 Å². The summed E-state index contributed by atoms with van der Waals surface area (Å²) < 4.78 is 10.5. The Morgan fingerprint density at radius 1 is 1.50 bits per heavy atom. The summed E-state index contributed by atoms with van der Waals surface area (Å²) in [5.74, 6) is 1.81. The molecule has 110 valence electrons. The summed E-state index contributed by atoms with van der Waals surface area (Å²) in [7, 11) is 1.98. The highest BCUT2D eigenvalue weighted by Gasteiger charge is 2.25. The minimum absolute atomic E-state index is 0. The summed E-state index contributed by atoms with van der Waals surface area (Å²) in [4.78, 5) is 6.76. The van der Waals surface area contributed by atoms with Crippen molar-refractivity contribution in [3.8, 4) is 11.6 Å². The van der Waals surface area contributed by atoms with Crippen LogP contribution in [-0.2, 0) is 6.54 Å². The largest absolute Gasteiger partial charge is 0.461 e. The Morgan fingerprint density at radius 2 is 2.40 bits per heavy atom. The molecule has 1 saturated heterocycles. The molecule has 20 heavy (non-hydrogen) atoms. The lowest BCUT2D eigenvalue weighted by molar-refractivity contribution is 0.209. The lowest BCUT2D eigenvalue weighted by Crippen LogP contribution is -2.36. The molecule has 0 aromatic carbocycles. The summed E-state index contributed by atoms with van der Waals surface area (Å²) in [5, 5.41) is 7.18. The molecule has 1 fully saturated rings. The van der Waals surface area contributed by atoms with Gasteiger partial charge >= 0.3 is 0 Å². The van der Waals surface area contributed by atoms with Crippen molar-refractivity contribution < 1.29 is 8.94 Å². The lowest BCUT2D eigenvalue weighted by atomic mass is 10.2. The maximum atomic E-state index is 5.29. The van der Waals surface area contributed by atoms with Crippen molar-refractivity contribution in [1.82, 2.24) is 20.4 Å². The van der Waals surface area contributed by atoms with Crippen LogP contribution in [0.1, 0.15) is 18.7 Å². The SMILES string of the molecule is CNCC1CCCN1Cc1nc(-c2ccco2)no1.Cl. The smallest absolute Gasteiger partial charge is 0.241 e. The van der Waals surface area contributed by atoms with Gasteiger partial charge in [-0.1, -0.05) is 5.16 Å². The summed E-state index contributed by atoms with van der Waals surface area (Å²) in [6.45, 7) is 2.80. The number of likely N-dealkylation sites (tertiary alicyclic amines) is 1. The van der Waals surface area contributed by atoms with E-state index in [0.29, 0.717) is 30.1 Å². The average Bonchev–Trinajstić information content (AvgIpc) is 3.12. The molecule has 0 bridgehead atoms. The molecule has 1 aliphatic rings. The van der Waals surface area contributed by atoms with E-state index in [1.165, 1.54) is 12.8 Å². The Balaban J connectivity index is 0.00000147. The van der Waals surface area contributed by atoms with E-state index in [4.69, 9.17) is 8.94 Å². The first-order valence-corrected chi connectivity index (χ1v) is 6.62. The molecular weight excluding hydrogens is 280 g/mol. The molecule has 7 heteroatoms. The van der Waals surface area contributed by atoms with E-state index in [-0.39, 0.29) is 12.4 Å². The zero-order valence-corrected chi connectivity index (χ0v) is 12.2. The van der Waals surface area contributed by atoms with E-state index in [2.05, 4.69) is 20.4 Å². The second kappa shape index (κ2) is 6.88. The standard InChI is InChI=1S/C13H18N4O2.ClH/c1-14-8-10-4-2-6-17(10)9-12-15-13(16-19-12)11-5-3-7-18-11;/h3,5,7,10,14H,2,4,6,8-9H2,1H3;1H. The molecule has 0 aliphatic carbocycles. The van der Waals surface area contributed by atoms with E-state index in [1.807, 2.05) is 19.2 Å². The van der Waals surface area contributed by atoms with Crippen LogP contribution in [0, 0.1) is 0 Å². The number of furan rings is 1. The second-order valence-corrected chi connectivity index (χ2v) is 4.81. The quantitative estimate of drug-likeness (QED) is 0.910. The summed E-state index contributed by atoms with van der Waals surface area (Å²) in [6.07, 6.45) is 4.06. The van der Waals surface area contributed by atoms with Gasteiger partial charge < -0.3 is 14.3 Å². The van der Waals surface area contributed by atoms with Crippen molar-refractivity contribution in [2.75, 3.05) is 20.1 Å². The zero-order valence-electron chi connectivity index (χ0n) is 11.4. The zero-order chi connectivity index (χ0) is 13.1. The first-order chi connectivity index (χ1) is 9.36. The van der Waals surface area contributed by atoms with Crippen LogP contribution in [0.3, 0.4) is 0 Å². The lowest BCUT2D eigenvalue weighted by Gasteiger charge is -2.22. The Hall–Kier alpha value is -1.37. The normalized spacial score (nSPS) is 19.1. The number of nitrogens with one attached hydrogen (secondary N) is 1. The van der Waals surface area contributed by atoms with Gasteiger partial charge in [0.25, 0.3) is 0 Å². The van der Waals surface area contributed by atoms with Crippen molar-refractivity contribution >= 4 is 12.4 Å². The Labute approximate surface area is 123 Å². The molecule has 2 aromatic rings. The van der Waals surface area contributed by atoms with E-state index in [9.17, 15) is 0 Å². The molecule has 3 heterocycles. The first-order valence-electron chi connectivity index (χ1n) is 6.62. The number of aromatic nitrogens is 2. The third-order valence-corrected chi connectivity index (χ3v) is 3.49. The fourth-order valence-electron chi connectivity index (χ4n) is 2.57. The predicted molar refractivity (Wildman–Crippen MR) is 76.6 cm³/mol. The number of hydrogen-bond acceptors (Lipinski definition) is 6. The first kappa shape index (κ1) is 15.0. The molecule has 2 aromatic heterocycles. The highest BCUT2D eigenvalue weighted by atomic mass is 35.5. The number of hydrogen-bond donors (Lipinski definition) is 1. The molecule has 6 nitrogen and oxygen atoms in total. The van der Waals surface area contributed by atoms with Crippen LogP contribution in [0.2, 0.25) is 0 Å². The van der Waals surface area contributed by atoms with Gasteiger partial charge in [0.1, 0.15) is 0 Å². The van der Waals surface area contributed by atoms with Gasteiger partial charge in [0, 0.05) is 12.6 Å². The van der Waals surface area contributed by atoms with Gasteiger partial charge in [-0.05, 0) is 38.6 Å². The average molecular weight is 299 g/mol. The molecule has 1 aliphatic heterocycles. The van der Waals surface area contributed by atoms with Crippen molar-refractivity contribution in [3.05, 3.63) is 24.3 Å². The van der Waals surface area contributed by atoms with Crippen molar-refractivity contribution in [3.63, 3.8) is 0 Å². The minimum atomic E-state index is 0. The molecule has 0 amide bonds. The Morgan fingerprint density at radius 3 is 3.15 bits per heavy atom. The van der Waals surface area contributed by atoms with Gasteiger partial charge in [-0.3, -0.25) is 4.90 Å². The van der Waals surface area contributed by atoms with E-state index < -0.39 is 0 Å². The summed E-state index contributed by atoms with van der Waals surface area (Å²) in [6, 6.07) is 4.20. The van der Waals surface area contributed by atoms with Crippen LogP contribution in [0.15, 0.2) is 27.3 Å². The van der Waals surface area contributed by atoms with Crippen LogP contribution in [0.5, 0.6) is 0 Å². The Bertz CT molecular complexity index is 514. The van der Waals surface area contributed by atoms with Gasteiger partial charge in [-0.2, -0.15) is 4.98 Å². The molecule has 1 atom stereocenters. The fraction of sp³-hybridized carbons (Fsp3) is 0.538. The number of likely N-dealkylation sites (N-methyl/N-ethyl adjacent to an activating group) is 1. The van der Waals surface area contributed by atoms with Crippen molar-refractivity contribution in [2.24, 2.45) is 0 Å². The van der Waals surface area contributed by atoms with Gasteiger partial charge in [-0.25, -0.2) is 0 Å². The number of halogens is 1. The molecule has 0 saturated carbocycles. The summed E-state index contributed by atoms with van der Waals surface area (Å²) >= 11 is 0. The van der Waals surface area contributed by atoms with Gasteiger partial charge in [0.2, 0.25) is 11.7 Å². The third-order valence-electron chi connectivity index (χ3n) is 3.49. The van der Waals surface area contributed by atoms with Crippen LogP contribution in [-0.4, -0.2) is 41.2 Å². The van der Waals surface area contributed by atoms with Crippen LogP contribution >= 0.6 is 12.4 Å². The topological polar surface area (TPSA) is 67.3 Å². The van der Waals surface area contributed by atoms with Crippen molar-refractivity contribution in [1.29, 1.82) is 0 Å². The molecule has 1 N–H and O–H groups in total. The van der Waals surface area contributed by atoms with Gasteiger partial charge in [0.15, 0.2) is 5.76 Å². The van der Waals surface area contributed by atoms with Crippen molar-refractivity contribution in [2.45, 2.75) is 25.4 Å².